The summed E-state index contributed by atoms with van der Waals surface area (Å²) in [5.74, 6) is 0. The van der Waals surface area contributed by atoms with Gasteiger partial charge < -0.3 is 5.21 Å². The number of nitrogens with zero attached hydrogens (tertiary/aromatic N) is 2. The zero-order valence-electron chi connectivity index (χ0n) is 9.69. The van der Waals surface area contributed by atoms with Gasteiger partial charge in [-0.3, -0.25) is 0 Å². The molecule has 0 saturated heterocycles. The fraction of sp³-hybridized carbons (Fsp3) is 0.0833. The van der Waals surface area contributed by atoms with Gasteiger partial charge in [0.05, 0.1) is 10.6 Å². The van der Waals surface area contributed by atoms with Crippen molar-refractivity contribution < 1.29 is 13.6 Å². The summed E-state index contributed by atoms with van der Waals surface area (Å²) >= 11 is 0. The first-order valence-electron chi connectivity index (χ1n) is 5.23. The van der Waals surface area contributed by atoms with Gasteiger partial charge in [-0.2, -0.15) is 0 Å². The molecule has 0 aliphatic rings. The van der Waals surface area contributed by atoms with Crippen LogP contribution in [0.5, 0.6) is 0 Å². The van der Waals surface area contributed by atoms with E-state index in [9.17, 15) is 8.42 Å². The van der Waals surface area contributed by atoms with Gasteiger partial charge in [-0.1, -0.05) is 23.4 Å². The lowest BCUT2D eigenvalue weighted by atomic mass is 10.2. The van der Waals surface area contributed by atoms with E-state index in [1.54, 1.807) is 31.2 Å². The van der Waals surface area contributed by atoms with Crippen LogP contribution in [-0.4, -0.2) is 23.3 Å². The highest BCUT2D eigenvalue weighted by Crippen LogP contribution is 2.15. The zero-order chi connectivity index (χ0) is 13.2. The van der Waals surface area contributed by atoms with Gasteiger partial charge in [0.1, 0.15) is 0 Å². The van der Waals surface area contributed by atoms with Crippen LogP contribution < -0.4 is 0 Å². The van der Waals surface area contributed by atoms with Crippen LogP contribution >= 0.6 is 0 Å². The number of oxime groups is 1. The summed E-state index contributed by atoms with van der Waals surface area (Å²) in [5, 5.41) is 11.7. The highest BCUT2D eigenvalue weighted by Gasteiger charge is 2.16. The van der Waals surface area contributed by atoms with Crippen molar-refractivity contribution in [1.29, 1.82) is 0 Å². The number of aromatic nitrogens is 1. The van der Waals surface area contributed by atoms with Gasteiger partial charge in [-0.15, -0.1) is 0 Å². The van der Waals surface area contributed by atoms with E-state index in [4.69, 9.17) is 5.21 Å². The number of hydrogen-bond acceptors (Lipinski definition) is 4. The highest BCUT2D eigenvalue weighted by molar-refractivity contribution is 7.90. The Morgan fingerprint density at radius 1 is 1.22 bits per heavy atom. The average Bonchev–Trinajstić information content (AvgIpc) is 2.89. The van der Waals surface area contributed by atoms with Crippen molar-refractivity contribution in [2.45, 2.75) is 11.8 Å². The molecule has 0 bridgehead atoms. The van der Waals surface area contributed by atoms with Crippen LogP contribution in [0.1, 0.15) is 12.5 Å². The minimum absolute atomic E-state index is 0.214. The number of hydrogen-bond donors (Lipinski definition) is 1. The second kappa shape index (κ2) is 4.66. The summed E-state index contributed by atoms with van der Waals surface area (Å²) in [5.41, 5.74) is 0.911. The molecular weight excluding hydrogens is 252 g/mol. The molecule has 5 nitrogen and oxygen atoms in total. The van der Waals surface area contributed by atoms with Gasteiger partial charge in [0.15, 0.2) is 0 Å². The van der Waals surface area contributed by atoms with Gasteiger partial charge in [-0.25, -0.2) is 12.4 Å². The van der Waals surface area contributed by atoms with Crippen molar-refractivity contribution >= 4 is 15.7 Å². The second-order valence-electron chi connectivity index (χ2n) is 3.73. The molecule has 0 saturated carbocycles. The molecule has 2 aromatic rings. The first-order valence-corrected chi connectivity index (χ1v) is 6.67. The van der Waals surface area contributed by atoms with Crippen LogP contribution in [0.4, 0.5) is 0 Å². The molecule has 0 aliphatic carbocycles. The van der Waals surface area contributed by atoms with E-state index in [1.807, 2.05) is 0 Å². The number of benzene rings is 1. The van der Waals surface area contributed by atoms with E-state index in [-0.39, 0.29) is 4.90 Å². The standard InChI is InChI=1S/C12H12N2O3S/c1-10(13-15)11-7-8-14(9-11)18(16,17)12-5-3-2-4-6-12/h2-9,15H,1H3/b13-10-. The van der Waals surface area contributed by atoms with Crippen molar-refractivity contribution in [2.75, 3.05) is 0 Å². The summed E-state index contributed by atoms with van der Waals surface area (Å²) in [7, 11) is -3.58. The molecule has 1 heterocycles. The second-order valence-corrected chi connectivity index (χ2v) is 5.58. The monoisotopic (exact) mass is 264 g/mol. The molecule has 0 atom stereocenters. The SMILES string of the molecule is C/C(=N/O)c1ccn(S(=O)(=O)c2ccccc2)c1. The molecule has 6 heteroatoms. The lowest BCUT2D eigenvalue weighted by Gasteiger charge is -2.04. The Hall–Kier alpha value is -2.08. The van der Waals surface area contributed by atoms with Crippen LogP contribution in [0, 0.1) is 0 Å². The lowest BCUT2D eigenvalue weighted by Crippen LogP contribution is -2.10. The Morgan fingerprint density at radius 3 is 2.50 bits per heavy atom. The molecule has 94 valence electrons. The van der Waals surface area contributed by atoms with E-state index in [1.165, 1.54) is 24.5 Å². The van der Waals surface area contributed by atoms with E-state index in [0.29, 0.717) is 11.3 Å². The molecule has 0 unspecified atom stereocenters. The third-order valence-corrected chi connectivity index (χ3v) is 4.20. The van der Waals surface area contributed by atoms with E-state index in [0.717, 1.165) is 3.97 Å². The molecule has 0 aliphatic heterocycles. The molecule has 0 spiro atoms. The first-order chi connectivity index (χ1) is 8.55. The summed E-state index contributed by atoms with van der Waals surface area (Å²) < 4.78 is 25.5. The molecule has 0 radical (unpaired) electrons. The Kier molecular flexibility index (Phi) is 3.20. The molecule has 0 amide bonds. The molecule has 2 rings (SSSR count). The van der Waals surface area contributed by atoms with Gasteiger partial charge in [0.2, 0.25) is 0 Å². The van der Waals surface area contributed by atoms with Crippen molar-refractivity contribution in [3.63, 3.8) is 0 Å². The molecule has 18 heavy (non-hydrogen) atoms. The van der Waals surface area contributed by atoms with Gasteiger partial charge in [0, 0.05) is 18.0 Å². The summed E-state index contributed by atoms with van der Waals surface area (Å²) in [6.45, 7) is 1.59. The minimum atomic E-state index is -3.58. The van der Waals surface area contributed by atoms with Gasteiger partial charge in [-0.05, 0) is 25.1 Å². The van der Waals surface area contributed by atoms with Crippen molar-refractivity contribution in [2.24, 2.45) is 5.16 Å². The maximum atomic E-state index is 12.2. The summed E-state index contributed by atoms with van der Waals surface area (Å²) in [4.78, 5) is 0.214. The molecule has 0 fully saturated rings. The van der Waals surface area contributed by atoms with Gasteiger partial charge >= 0.3 is 0 Å². The average molecular weight is 264 g/mol. The summed E-state index contributed by atoms with van der Waals surface area (Å²) in [6.07, 6.45) is 2.84. The third-order valence-electron chi connectivity index (χ3n) is 2.55. The molecule has 1 N–H and O–H groups in total. The van der Waals surface area contributed by atoms with Gasteiger partial charge in [0.25, 0.3) is 10.0 Å². The Bertz CT molecular complexity index is 672. The topological polar surface area (TPSA) is 71.7 Å². The Morgan fingerprint density at radius 2 is 1.89 bits per heavy atom. The Labute approximate surface area is 105 Å². The van der Waals surface area contributed by atoms with Crippen LogP contribution in [0.2, 0.25) is 0 Å². The van der Waals surface area contributed by atoms with E-state index < -0.39 is 10.0 Å². The predicted octanol–water partition coefficient (Wildman–Crippen LogP) is 1.92. The fourth-order valence-corrected chi connectivity index (χ4v) is 2.73. The van der Waals surface area contributed by atoms with Crippen LogP contribution in [-0.2, 0) is 10.0 Å². The largest absolute Gasteiger partial charge is 0.411 e. The molecule has 1 aromatic heterocycles. The van der Waals surface area contributed by atoms with Crippen molar-refractivity contribution in [1.82, 2.24) is 3.97 Å². The highest BCUT2D eigenvalue weighted by atomic mass is 32.2. The van der Waals surface area contributed by atoms with Crippen LogP contribution in [0.3, 0.4) is 0 Å². The van der Waals surface area contributed by atoms with Crippen LogP contribution in [0.15, 0.2) is 58.8 Å². The lowest BCUT2D eigenvalue weighted by molar-refractivity contribution is 0.319. The molecule has 1 aromatic carbocycles. The smallest absolute Gasteiger partial charge is 0.267 e. The summed E-state index contributed by atoms with van der Waals surface area (Å²) in [6, 6.07) is 9.72. The van der Waals surface area contributed by atoms with Crippen molar-refractivity contribution in [3.05, 3.63) is 54.4 Å². The minimum Gasteiger partial charge on any atom is -0.411 e. The molecular formula is C12H12N2O3S. The quantitative estimate of drug-likeness (QED) is 0.523. The normalized spacial score (nSPS) is 12.6. The Balaban J connectivity index is 2.47. The van der Waals surface area contributed by atoms with Crippen LogP contribution in [0.25, 0.3) is 0 Å². The number of rotatable bonds is 3. The maximum Gasteiger partial charge on any atom is 0.267 e. The zero-order valence-corrected chi connectivity index (χ0v) is 10.5. The van der Waals surface area contributed by atoms with E-state index >= 15 is 0 Å². The fourth-order valence-electron chi connectivity index (χ4n) is 1.51. The maximum absolute atomic E-state index is 12.2. The first kappa shape index (κ1) is 12.4. The predicted molar refractivity (Wildman–Crippen MR) is 67.5 cm³/mol. The van der Waals surface area contributed by atoms with Crippen molar-refractivity contribution in [3.8, 4) is 0 Å². The third kappa shape index (κ3) is 2.14. The van der Waals surface area contributed by atoms with E-state index in [2.05, 4.69) is 5.16 Å².